The molecule has 1 amide bonds. The molecule has 0 aromatic heterocycles. The van der Waals surface area contributed by atoms with Gasteiger partial charge in [-0.1, -0.05) is 6.07 Å². The third-order valence-corrected chi connectivity index (χ3v) is 2.05. The molecule has 86 valence electrons. The molecule has 0 unspecified atom stereocenters. The van der Waals surface area contributed by atoms with Crippen LogP contribution in [0.5, 0.6) is 5.75 Å². The molecule has 0 heterocycles. The van der Waals surface area contributed by atoms with Crippen LogP contribution in [0.1, 0.15) is 15.9 Å². The van der Waals surface area contributed by atoms with Crippen molar-refractivity contribution < 1.29 is 19.1 Å². The van der Waals surface area contributed by atoms with Gasteiger partial charge < -0.3 is 15.2 Å². The molecule has 5 nitrogen and oxygen atoms in total. The Labute approximate surface area is 93.1 Å². The number of amides is 1. The molecule has 1 aromatic carbocycles. The van der Waals surface area contributed by atoms with Gasteiger partial charge in [-0.15, -0.1) is 0 Å². The number of carbonyl (C=O) groups excluding carboxylic acids is 2. The summed E-state index contributed by atoms with van der Waals surface area (Å²) in [6, 6.07) is 4.78. The molecule has 5 heteroatoms. The first-order valence-electron chi connectivity index (χ1n) is 4.62. The summed E-state index contributed by atoms with van der Waals surface area (Å²) >= 11 is 0. The number of primary amides is 1. The van der Waals surface area contributed by atoms with Crippen molar-refractivity contribution in [2.24, 2.45) is 5.73 Å². The molecule has 0 aliphatic rings. The summed E-state index contributed by atoms with van der Waals surface area (Å²) in [5.41, 5.74) is 6.08. The van der Waals surface area contributed by atoms with Crippen molar-refractivity contribution in [3.8, 4) is 5.75 Å². The van der Waals surface area contributed by atoms with E-state index in [4.69, 9.17) is 10.5 Å². The quantitative estimate of drug-likeness (QED) is 0.754. The maximum atomic E-state index is 11.3. The molecule has 0 saturated carbocycles. The number of hydrogen-bond acceptors (Lipinski definition) is 4. The van der Waals surface area contributed by atoms with Crippen LogP contribution >= 0.6 is 0 Å². The van der Waals surface area contributed by atoms with Gasteiger partial charge in [0.05, 0.1) is 20.6 Å². The molecular weight excluding hydrogens is 210 g/mol. The molecular formula is C11H13NO4. The lowest BCUT2D eigenvalue weighted by atomic mass is 10.1. The second-order valence-electron chi connectivity index (χ2n) is 3.17. The van der Waals surface area contributed by atoms with E-state index in [2.05, 4.69) is 4.74 Å². The molecule has 0 bridgehead atoms. The third kappa shape index (κ3) is 2.73. The summed E-state index contributed by atoms with van der Waals surface area (Å²) in [6.07, 6.45) is 0.109. The van der Waals surface area contributed by atoms with E-state index in [0.717, 1.165) is 0 Å². The summed E-state index contributed by atoms with van der Waals surface area (Å²) < 4.78 is 9.63. The molecule has 0 saturated heterocycles. The van der Waals surface area contributed by atoms with E-state index in [1.54, 1.807) is 18.2 Å². The minimum atomic E-state index is -0.484. The van der Waals surface area contributed by atoms with Crippen LogP contribution in [0.3, 0.4) is 0 Å². The van der Waals surface area contributed by atoms with E-state index in [-0.39, 0.29) is 6.42 Å². The number of carbonyl (C=O) groups is 2. The molecule has 0 radical (unpaired) electrons. The summed E-state index contributed by atoms with van der Waals surface area (Å²) in [4.78, 5) is 22.1. The van der Waals surface area contributed by atoms with E-state index >= 15 is 0 Å². The Balaban J connectivity index is 3.06. The Morgan fingerprint density at radius 1 is 1.31 bits per heavy atom. The lowest BCUT2D eigenvalue weighted by molar-refractivity contribution is -0.117. The largest absolute Gasteiger partial charge is 0.496 e. The highest BCUT2D eigenvalue weighted by molar-refractivity contribution is 5.92. The number of ether oxygens (including phenoxy) is 2. The number of rotatable bonds is 4. The first-order chi connectivity index (χ1) is 7.58. The Bertz CT molecular complexity index is 414. The van der Waals surface area contributed by atoms with Gasteiger partial charge in [0.15, 0.2) is 0 Å². The van der Waals surface area contributed by atoms with E-state index in [1.165, 1.54) is 14.2 Å². The fraction of sp³-hybridized carbons (Fsp3) is 0.273. The monoisotopic (exact) mass is 223 g/mol. The van der Waals surface area contributed by atoms with Gasteiger partial charge in [0, 0.05) is 0 Å². The summed E-state index contributed by atoms with van der Waals surface area (Å²) in [6.45, 7) is 0. The first kappa shape index (κ1) is 12.0. The lowest BCUT2D eigenvalue weighted by Crippen LogP contribution is -2.14. The minimum absolute atomic E-state index is 0.109. The molecule has 0 atom stereocenters. The topological polar surface area (TPSA) is 78.6 Å². The molecule has 16 heavy (non-hydrogen) atoms. The summed E-state index contributed by atoms with van der Waals surface area (Å²) in [5.74, 6) is -0.555. The second kappa shape index (κ2) is 5.16. The number of esters is 1. The Kier molecular flexibility index (Phi) is 3.88. The minimum Gasteiger partial charge on any atom is -0.496 e. The van der Waals surface area contributed by atoms with Gasteiger partial charge in [-0.25, -0.2) is 4.79 Å². The van der Waals surface area contributed by atoms with Crippen molar-refractivity contribution in [3.05, 3.63) is 29.3 Å². The van der Waals surface area contributed by atoms with E-state index in [1.807, 2.05) is 0 Å². The normalized spacial score (nSPS) is 9.62. The third-order valence-electron chi connectivity index (χ3n) is 2.05. The fourth-order valence-corrected chi connectivity index (χ4v) is 1.33. The van der Waals surface area contributed by atoms with E-state index in [0.29, 0.717) is 16.9 Å². The lowest BCUT2D eigenvalue weighted by Gasteiger charge is -2.08. The first-order valence-corrected chi connectivity index (χ1v) is 4.62. The van der Waals surface area contributed by atoms with Crippen LogP contribution < -0.4 is 10.5 Å². The Morgan fingerprint density at radius 2 is 2.00 bits per heavy atom. The number of methoxy groups -OCH3 is 2. The van der Waals surface area contributed by atoms with Gasteiger partial charge >= 0.3 is 5.97 Å². The molecule has 1 rings (SSSR count). The van der Waals surface area contributed by atoms with Crippen molar-refractivity contribution in [2.75, 3.05) is 14.2 Å². The molecule has 1 aromatic rings. The Hall–Kier alpha value is -2.04. The molecule has 0 fully saturated rings. The summed E-state index contributed by atoms with van der Waals surface area (Å²) in [7, 11) is 2.73. The van der Waals surface area contributed by atoms with Crippen LogP contribution in [0.15, 0.2) is 18.2 Å². The zero-order chi connectivity index (χ0) is 12.1. The average molecular weight is 223 g/mol. The predicted molar refractivity (Wildman–Crippen MR) is 57.2 cm³/mol. The maximum Gasteiger partial charge on any atom is 0.341 e. The number of nitrogens with two attached hydrogens (primary N) is 1. The molecule has 0 spiro atoms. The molecule has 0 aliphatic heterocycles. The zero-order valence-corrected chi connectivity index (χ0v) is 9.15. The van der Waals surface area contributed by atoms with Crippen LogP contribution in [0.25, 0.3) is 0 Å². The van der Waals surface area contributed by atoms with Crippen LogP contribution in [0, 0.1) is 0 Å². The van der Waals surface area contributed by atoms with Crippen LogP contribution in [-0.4, -0.2) is 26.1 Å². The number of benzene rings is 1. The van der Waals surface area contributed by atoms with Gasteiger partial charge in [0.2, 0.25) is 5.91 Å². The van der Waals surface area contributed by atoms with Gasteiger partial charge in [-0.05, 0) is 17.7 Å². The maximum absolute atomic E-state index is 11.3. The van der Waals surface area contributed by atoms with Crippen molar-refractivity contribution in [1.82, 2.24) is 0 Å². The van der Waals surface area contributed by atoms with Crippen LogP contribution in [0.2, 0.25) is 0 Å². The molecule has 0 aliphatic carbocycles. The summed E-state index contributed by atoms with van der Waals surface area (Å²) in [5, 5.41) is 0. The standard InChI is InChI=1S/C11H13NO4/c1-15-9-5-7(6-10(12)13)3-4-8(9)11(14)16-2/h3-5H,6H2,1-2H3,(H2,12,13). The SMILES string of the molecule is COC(=O)c1ccc(CC(N)=O)cc1OC. The van der Waals surface area contributed by atoms with Crippen molar-refractivity contribution in [1.29, 1.82) is 0 Å². The van der Waals surface area contributed by atoms with Gasteiger partial charge in [-0.3, -0.25) is 4.79 Å². The van der Waals surface area contributed by atoms with Crippen molar-refractivity contribution in [3.63, 3.8) is 0 Å². The van der Waals surface area contributed by atoms with Gasteiger partial charge in [0.1, 0.15) is 11.3 Å². The fourth-order valence-electron chi connectivity index (χ4n) is 1.33. The van der Waals surface area contributed by atoms with Gasteiger partial charge in [0.25, 0.3) is 0 Å². The van der Waals surface area contributed by atoms with Crippen molar-refractivity contribution >= 4 is 11.9 Å². The van der Waals surface area contributed by atoms with E-state index in [9.17, 15) is 9.59 Å². The highest BCUT2D eigenvalue weighted by Gasteiger charge is 2.13. The van der Waals surface area contributed by atoms with Crippen LogP contribution in [-0.2, 0) is 16.0 Å². The van der Waals surface area contributed by atoms with Gasteiger partial charge in [-0.2, -0.15) is 0 Å². The number of hydrogen-bond donors (Lipinski definition) is 1. The van der Waals surface area contributed by atoms with Crippen molar-refractivity contribution in [2.45, 2.75) is 6.42 Å². The van der Waals surface area contributed by atoms with E-state index < -0.39 is 11.9 Å². The Morgan fingerprint density at radius 3 is 2.50 bits per heavy atom. The second-order valence-corrected chi connectivity index (χ2v) is 3.17. The highest BCUT2D eigenvalue weighted by Crippen LogP contribution is 2.21. The molecule has 2 N–H and O–H groups in total. The highest BCUT2D eigenvalue weighted by atomic mass is 16.5. The zero-order valence-electron chi connectivity index (χ0n) is 9.15. The van der Waals surface area contributed by atoms with Crippen LogP contribution in [0.4, 0.5) is 0 Å². The smallest absolute Gasteiger partial charge is 0.341 e. The average Bonchev–Trinajstić information content (AvgIpc) is 2.27. The predicted octanol–water partition coefficient (Wildman–Crippen LogP) is 0.510.